The summed E-state index contributed by atoms with van der Waals surface area (Å²) in [7, 11) is 0. The van der Waals surface area contributed by atoms with E-state index in [2.05, 4.69) is 29.8 Å². The van der Waals surface area contributed by atoms with Crippen LogP contribution in [0.4, 0.5) is 4.79 Å². The fourth-order valence-corrected chi connectivity index (χ4v) is 1.86. The number of rotatable bonds is 11. The second-order valence-corrected chi connectivity index (χ2v) is 6.51. The Morgan fingerprint density at radius 3 is 2.04 bits per heavy atom. The minimum Gasteiger partial charge on any atom is -0.352 e. The third-order valence-electron chi connectivity index (χ3n) is 3.44. The van der Waals surface area contributed by atoms with Crippen molar-refractivity contribution in [3.05, 3.63) is 0 Å². The monoisotopic (exact) mass is 358 g/mol. The maximum atomic E-state index is 12.2. The first kappa shape index (κ1) is 25.6. The fourth-order valence-electron chi connectivity index (χ4n) is 1.86. The summed E-state index contributed by atoms with van der Waals surface area (Å²) in [6.07, 6.45) is 3.23. The van der Waals surface area contributed by atoms with Crippen LogP contribution in [0, 0.1) is 5.92 Å². The molecule has 25 heavy (non-hydrogen) atoms. The zero-order valence-electron chi connectivity index (χ0n) is 16.8. The first-order valence-corrected chi connectivity index (χ1v) is 9.29. The average Bonchev–Trinajstić information content (AvgIpc) is 2.55. The molecule has 0 aliphatic rings. The lowest BCUT2D eigenvalue weighted by Crippen LogP contribution is -2.47. The Hall–Kier alpha value is -1.63. The molecule has 0 bridgehead atoms. The first-order chi connectivity index (χ1) is 11.7. The number of hydrogen-bond acceptors (Lipinski definition) is 4. The Balaban J connectivity index is 0. The Morgan fingerprint density at radius 2 is 1.60 bits per heavy atom. The maximum Gasteiger partial charge on any atom is 0.312 e. The number of urea groups is 1. The predicted octanol–water partition coefficient (Wildman–Crippen LogP) is 1.95. The predicted molar refractivity (Wildman–Crippen MR) is 102 cm³/mol. The molecule has 7 heteroatoms. The molecule has 0 aromatic carbocycles. The zero-order valence-corrected chi connectivity index (χ0v) is 16.8. The molecule has 0 rings (SSSR count). The van der Waals surface area contributed by atoms with Gasteiger partial charge in [0.25, 0.3) is 0 Å². The van der Waals surface area contributed by atoms with E-state index in [0.29, 0.717) is 19.4 Å². The van der Waals surface area contributed by atoms with Crippen molar-refractivity contribution in [2.75, 3.05) is 13.1 Å². The van der Waals surface area contributed by atoms with Gasteiger partial charge in [0.15, 0.2) is 5.78 Å². The minimum atomic E-state index is -0.589. The largest absolute Gasteiger partial charge is 0.352 e. The van der Waals surface area contributed by atoms with Gasteiger partial charge in [0, 0.05) is 18.5 Å². The van der Waals surface area contributed by atoms with Crippen molar-refractivity contribution >= 4 is 17.7 Å². The summed E-state index contributed by atoms with van der Waals surface area (Å²) in [5.74, 6) is -0.352. The van der Waals surface area contributed by atoms with Crippen molar-refractivity contribution in [1.29, 1.82) is 0 Å². The number of nitrogens with two attached hydrogens (primary N) is 1. The molecule has 0 radical (unpaired) electrons. The SMILES string of the molecule is CCC.CCC(C)NCC(=O)NC(CCCNC(N)=O)C(=O)C(C)C. The van der Waals surface area contributed by atoms with Gasteiger partial charge in [-0.15, -0.1) is 0 Å². The van der Waals surface area contributed by atoms with E-state index in [1.807, 2.05) is 13.8 Å². The number of primary amides is 1. The van der Waals surface area contributed by atoms with Gasteiger partial charge in [-0.05, 0) is 26.2 Å². The highest BCUT2D eigenvalue weighted by atomic mass is 16.2. The fraction of sp³-hybridized carbons (Fsp3) is 0.833. The summed E-state index contributed by atoms with van der Waals surface area (Å²) in [5.41, 5.74) is 4.98. The highest BCUT2D eigenvalue weighted by Crippen LogP contribution is 2.06. The number of Topliss-reactive ketones (excluding diaryl/α,β-unsaturated/α-hetero) is 1. The van der Waals surface area contributed by atoms with Crippen LogP contribution < -0.4 is 21.7 Å². The van der Waals surface area contributed by atoms with Gasteiger partial charge in [-0.2, -0.15) is 0 Å². The van der Waals surface area contributed by atoms with E-state index in [9.17, 15) is 14.4 Å². The number of hydrogen-bond donors (Lipinski definition) is 4. The molecule has 0 spiro atoms. The molecule has 0 aromatic heterocycles. The van der Waals surface area contributed by atoms with E-state index in [0.717, 1.165) is 6.42 Å². The highest BCUT2D eigenvalue weighted by Gasteiger charge is 2.22. The molecule has 5 N–H and O–H groups in total. The van der Waals surface area contributed by atoms with Crippen LogP contribution in [0.2, 0.25) is 0 Å². The molecule has 0 saturated heterocycles. The van der Waals surface area contributed by atoms with Gasteiger partial charge in [-0.3, -0.25) is 9.59 Å². The number of nitrogens with one attached hydrogen (secondary N) is 3. The molecule has 3 amide bonds. The highest BCUT2D eigenvalue weighted by molar-refractivity contribution is 5.90. The third-order valence-corrected chi connectivity index (χ3v) is 3.44. The number of carbonyl (C=O) groups is 3. The van der Waals surface area contributed by atoms with E-state index in [1.54, 1.807) is 13.8 Å². The smallest absolute Gasteiger partial charge is 0.312 e. The Labute approximate surface area is 152 Å². The topological polar surface area (TPSA) is 113 Å². The summed E-state index contributed by atoms with van der Waals surface area (Å²) in [6, 6.07) is -0.862. The van der Waals surface area contributed by atoms with E-state index in [4.69, 9.17) is 5.73 Å². The molecule has 0 aliphatic carbocycles. The van der Waals surface area contributed by atoms with Crippen molar-refractivity contribution in [3.8, 4) is 0 Å². The molecule has 2 unspecified atom stereocenters. The van der Waals surface area contributed by atoms with Crippen molar-refractivity contribution in [2.45, 2.75) is 79.3 Å². The first-order valence-electron chi connectivity index (χ1n) is 9.29. The van der Waals surface area contributed by atoms with Gasteiger partial charge in [0.2, 0.25) is 5.91 Å². The van der Waals surface area contributed by atoms with Crippen LogP contribution >= 0.6 is 0 Å². The van der Waals surface area contributed by atoms with Gasteiger partial charge in [0.1, 0.15) is 0 Å². The number of amides is 3. The quantitative estimate of drug-likeness (QED) is 0.423. The Kier molecular flexibility index (Phi) is 16.3. The van der Waals surface area contributed by atoms with Gasteiger partial charge < -0.3 is 21.7 Å². The van der Waals surface area contributed by atoms with Crippen LogP contribution in [0.1, 0.15) is 67.2 Å². The lowest BCUT2D eigenvalue weighted by atomic mass is 9.98. The van der Waals surface area contributed by atoms with E-state index in [-0.39, 0.29) is 30.2 Å². The van der Waals surface area contributed by atoms with Crippen molar-refractivity contribution in [1.82, 2.24) is 16.0 Å². The lowest BCUT2D eigenvalue weighted by Gasteiger charge is -2.20. The zero-order chi connectivity index (χ0) is 19.8. The number of ketones is 1. The molecule has 7 nitrogen and oxygen atoms in total. The Bertz CT molecular complexity index is 387. The standard InChI is InChI=1S/C15H30N4O3.C3H8/c1-5-11(4)18-9-13(20)19-12(14(21)10(2)3)7-6-8-17-15(16)22;1-3-2/h10-12,18H,5-9H2,1-4H3,(H,19,20)(H3,16,17,22);3H2,1-2H3. The van der Waals surface area contributed by atoms with Crippen LogP contribution in [0.15, 0.2) is 0 Å². The van der Waals surface area contributed by atoms with Crippen molar-refractivity contribution < 1.29 is 14.4 Å². The summed E-state index contributed by atoms with van der Waals surface area (Å²) in [4.78, 5) is 34.7. The van der Waals surface area contributed by atoms with Crippen LogP contribution in [0.25, 0.3) is 0 Å². The van der Waals surface area contributed by atoms with Crippen molar-refractivity contribution in [2.24, 2.45) is 11.7 Å². The normalized spacial score (nSPS) is 12.6. The molecule has 0 fully saturated rings. The van der Waals surface area contributed by atoms with E-state index < -0.39 is 12.1 Å². The second kappa shape index (κ2) is 15.9. The van der Waals surface area contributed by atoms with Gasteiger partial charge >= 0.3 is 6.03 Å². The van der Waals surface area contributed by atoms with Gasteiger partial charge in [-0.1, -0.05) is 41.0 Å². The molecule has 0 aromatic rings. The minimum absolute atomic E-state index is 0.00374. The van der Waals surface area contributed by atoms with Gasteiger partial charge in [0.05, 0.1) is 12.6 Å². The van der Waals surface area contributed by atoms with Gasteiger partial charge in [-0.25, -0.2) is 4.79 Å². The van der Waals surface area contributed by atoms with E-state index in [1.165, 1.54) is 6.42 Å². The number of carbonyl (C=O) groups excluding carboxylic acids is 3. The van der Waals surface area contributed by atoms with Crippen LogP contribution in [0.5, 0.6) is 0 Å². The molecule has 2 atom stereocenters. The summed E-state index contributed by atoms with van der Waals surface area (Å²) in [6.45, 7) is 12.5. The van der Waals surface area contributed by atoms with Crippen molar-refractivity contribution in [3.63, 3.8) is 0 Å². The molecular formula is C18H38N4O3. The molecule has 0 saturated carbocycles. The summed E-state index contributed by atoms with van der Waals surface area (Å²) in [5, 5.41) is 8.33. The summed E-state index contributed by atoms with van der Waals surface area (Å²) < 4.78 is 0. The average molecular weight is 359 g/mol. The molecular weight excluding hydrogens is 320 g/mol. The van der Waals surface area contributed by atoms with E-state index >= 15 is 0 Å². The summed E-state index contributed by atoms with van der Waals surface area (Å²) >= 11 is 0. The Morgan fingerprint density at radius 1 is 1.04 bits per heavy atom. The molecule has 148 valence electrons. The second-order valence-electron chi connectivity index (χ2n) is 6.51. The third kappa shape index (κ3) is 15.6. The van der Waals surface area contributed by atoms with Crippen LogP contribution in [0.3, 0.4) is 0 Å². The molecule has 0 heterocycles. The maximum absolute atomic E-state index is 12.2. The lowest BCUT2D eigenvalue weighted by molar-refractivity contribution is -0.129. The van der Waals surface area contributed by atoms with Crippen LogP contribution in [-0.4, -0.2) is 42.9 Å². The van der Waals surface area contributed by atoms with Crippen LogP contribution in [-0.2, 0) is 9.59 Å². The molecule has 0 aliphatic heterocycles.